The molecule has 1 amide bonds. The minimum Gasteiger partial charge on any atom is -0.464 e. The van der Waals surface area contributed by atoms with Gasteiger partial charge in [-0.2, -0.15) is 8.78 Å². The van der Waals surface area contributed by atoms with Crippen LogP contribution in [0.2, 0.25) is 0 Å². The molecule has 0 fully saturated rings. The lowest BCUT2D eigenvalue weighted by atomic mass is 9.98. The number of benzene rings is 1. The lowest BCUT2D eigenvalue weighted by Gasteiger charge is -2.31. The van der Waals surface area contributed by atoms with Crippen molar-refractivity contribution in [2.75, 3.05) is 11.6 Å². The van der Waals surface area contributed by atoms with Crippen LogP contribution in [0.25, 0.3) is 5.57 Å². The Labute approximate surface area is 96.1 Å². The van der Waals surface area contributed by atoms with Crippen LogP contribution in [0.4, 0.5) is 19.3 Å². The SMILES string of the molecule is O=C(O)NN1CCC(=C(F)F)c2ccccc21. The molecule has 1 aromatic rings. The molecule has 1 aliphatic rings. The zero-order valence-electron chi connectivity index (χ0n) is 8.78. The molecule has 0 saturated heterocycles. The highest BCUT2D eigenvalue weighted by Crippen LogP contribution is 2.35. The van der Waals surface area contributed by atoms with E-state index < -0.39 is 12.2 Å². The Kier molecular flexibility index (Phi) is 2.95. The van der Waals surface area contributed by atoms with Gasteiger partial charge in [0.1, 0.15) is 0 Å². The first-order valence-corrected chi connectivity index (χ1v) is 5.00. The molecular weight excluding hydrogens is 230 g/mol. The van der Waals surface area contributed by atoms with Gasteiger partial charge in [-0.15, -0.1) is 0 Å². The van der Waals surface area contributed by atoms with E-state index in [9.17, 15) is 13.6 Å². The van der Waals surface area contributed by atoms with Gasteiger partial charge in [0, 0.05) is 17.7 Å². The molecule has 0 saturated carbocycles. The van der Waals surface area contributed by atoms with Gasteiger partial charge < -0.3 is 5.11 Å². The molecule has 4 nitrogen and oxygen atoms in total. The van der Waals surface area contributed by atoms with Crippen molar-refractivity contribution in [3.8, 4) is 0 Å². The van der Waals surface area contributed by atoms with Crippen LogP contribution in [0.3, 0.4) is 0 Å². The molecule has 90 valence electrons. The highest BCUT2D eigenvalue weighted by atomic mass is 19.3. The number of hydrazine groups is 1. The maximum atomic E-state index is 12.7. The fraction of sp³-hybridized carbons (Fsp3) is 0.182. The molecule has 17 heavy (non-hydrogen) atoms. The van der Waals surface area contributed by atoms with E-state index in [2.05, 4.69) is 5.43 Å². The van der Waals surface area contributed by atoms with Crippen LogP contribution in [-0.4, -0.2) is 17.7 Å². The molecule has 1 heterocycles. The lowest BCUT2D eigenvalue weighted by Crippen LogP contribution is -2.44. The Balaban J connectivity index is 2.44. The average Bonchev–Trinajstić information content (AvgIpc) is 2.28. The van der Waals surface area contributed by atoms with Crippen LogP contribution in [0.1, 0.15) is 12.0 Å². The van der Waals surface area contributed by atoms with Crippen LogP contribution >= 0.6 is 0 Å². The molecule has 0 aromatic heterocycles. The molecule has 0 radical (unpaired) electrons. The first kappa shape index (κ1) is 11.4. The van der Waals surface area contributed by atoms with Crippen molar-refractivity contribution < 1.29 is 18.7 Å². The number of halogens is 2. The van der Waals surface area contributed by atoms with Gasteiger partial charge in [0.15, 0.2) is 0 Å². The van der Waals surface area contributed by atoms with E-state index in [-0.39, 0.29) is 18.5 Å². The molecular formula is C11H10F2N2O2. The first-order valence-electron chi connectivity index (χ1n) is 5.00. The highest BCUT2D eigenvalue weighted by Gasteiger charge is 2.24. The van der Waals surface area contributed by atoms with Crippen molar-refractivity contribution >= 4 is 17.4 Å². The van der Waals surface area contributed by atoms with Crippen LogP contribution in [0.15, 0.2) is 30.3 Å². The average molecular weight is 240 g/mol. The standard InChI is InChI=1S/C11H10F2N2O2/c12-10(13)8-5-6-15(14-11(16)17)9-4-2-1-3-7(8)9/h1-4,14H,5-6H2,(H,16,17). The Morgan fingerprint density at radius 2 is 2.06 bits per heavy atom. The topological polar surface area (TPSA) is 52.6 Å². The second-order valence-corrected chi connectivity index (χ2v) is 3.57. The van der Waals surface area contributed by atoms with Gasteiger partial charge in [0.25, 0.3) is 6.08 Å². The maximum absolute atomic E-state index is 12.7. The largest absolute Gasteiger partial charge is 0.464 e. The number of nitrogens with one attached hydrogen (secondary N) is 1. The van der Waals surface area contributed by atoms with Crippen LogP contribution in [0, 0.1) is 0 Å². The smallest absolute Gasteiger partial charge is 0.423 e. The van der Waals surface area contributed by atoms with E-state index in [0.29, 0.717) is 11.3 Å². The van der Waals surface area contributed by atoms with Crippen molar-refractivity contribution in [3.63, 3.8) is 0 Å². The van der Waals surface area contributed by atoms with E-state index in [1.807, 2.05) is 0 Å². The first-order chi connectivity index (χ1) is 8.09. The predicted octanol–water partition coefficient (Wildman–Crippen LogP) is 2.69. The Morgan fingerprint density at radius 3 is 2.71 bits per heavy atom. The summed E-state index contributed by atoms with van der Waals surface area (Å²) < 4.78 is 25.4. The van der Waals surface area contributed by atoms with Crippen LogP contribution < -0.4 is 10.4 Å². The molecule has 0 atom stereocenters. The zero-order chi connectivity index (χ0) is 12.4. The second kappa shape index (κ2) is 4.40. The molecule has 0 aliphatic carbocycles. The number of carbonyl (C=O) groups is 1. The quantitative estimate of drug-likeness (QED) is 0.793. The molecule has 2 rings (SSSR count). The number of nitrogens with zero attached hydrogens (tertiary/aromatic N) is 1. The van der Waals surface area contributed by atoms with Gasteiger partial charge in [-0.1, -0.05) is 18.2 Å². The molecule has 0 bridgehead atoms. The number of anilines is 1. The van der Waals surface area contributed by atoms with E-state index >= 15 is 0 Å². The summed E-state index contributed by atoms with van der Waals surface area (Å²) in [6, 6.07) is 6.48. The molecule has 1 aromatic carbocycles. The van der Waals surface area contributed by atoms with Crippen molar-refractivity contribution in [1.82, 2.24) is 5.43 Å². The van der Waals surface area contributed by atoms with E-state index in [0.717, 1.165) is 0 Å². The number of carboxylic acid groups (broad SMARTS) is 1. The van der Waals surface area contributed by atoms with E-state index in [1.165, 1.54) is 5.01 Å². The molecule has 0 spiro atoms. The van der Waals surface area contributed by atoms with E-state index in [1.54, 1.807) is 24.3 Å². The molecule has 6 heteroatoms. The summed E-state index contributed by atoms with van der Waals surface area (Å²) in [7, 11) is 0. The van der Waals surface area contributed by atoms with E-state index in [4.69, 9.17) is 5.11 Å². The third kappa shape index (κ3) is 2.20. The summed E-state index contributed by atoms with van der Waals surface area (Å²) in [6.07, 6.45) is -2.82. The fourth-order valence-corrected chi connectivity index (χ4v) is 1.87. The zero-order valence-corrected chi connectivity index (χ0v) is 8.78. The number of amides is 1. The minimum absolute atomic E-state index is 0.0240. The van der Waals surface area contributed by atoms with Gasteiger partial charge in [0.05, 0.1) is 5.69 Å². The van der Waals surface area contributed by atoms with Crippen LogP contribution in [0.5, 0.6) is 0 Å². The monoisotopic (exact) mass is 240 g/mol. The van der Waals surface area contributed by atoms with Crippen molar-refractivity contribution in [2.24, 2.45) is 0 Å². The number of para-hydroxylation sites is 1. The van der Waals surface area contributed by atoms with Gasteiger partial charge in [0.2, 0.25) is 0 Å². The Morgan fingerprint density at radius 1 is 1.35 bits per heavy atom. The normalized spacial score (nSPS) is 14.2. The third-order valence-corrected chi connectivity index (χ3v) is 2.56. The summed E-state index contributed by atoms with van der Waals surface area (Å²) in [5, 5.41) is 10.0. The number of rotatable bonds is 1. The third-order valence-electron chi connectivity index (χ3n) is 2.56. The summed E-state index contributed by atoms with van der Waals surface area (Å²) in [4.78, 5) is 10.6. The summed E-state index contributed by atoms with van der Waals surface area (Å²) >= 11 is 0. The second-order valence-electron chi connectivity index (χ2n) is 3.57. The van der Waals surface area contributed by atoms with Crippen molar-refractivity contribution in [1.29, 1.82) is 0 Å². The fourth-order valence-electron chi connectivity index (χ4n) is 1.87. The van der Waals surface area contributed by atoms with Gasteiger partial charge in [-0.05, 0) is 12.5 Å². The lowest BCUT2D eigenvalue weighted by molar-refractivity contribution is 0.193. The highest BCUT2D eigenvalue weighted by molar-refractivity contribution is 5.81. The summed E-state index contributed by atoms with van der Waals surface area (Å²) in [5.74, 6) is 0. The summed E-state index contributed by atoms with van der Waals surface area (Å²) in [6.45, 7) is 0.190. The van der Waals surface area contributed by atoms with Crippen LogP contribution in [-0.2, 0) is 0 Å². The minimum atomic E-state index is -1.72. The van der Waals surface area contributed by atoms with Crippen molar-refractivity contribution in [2.45, 2.75) is 6.42 Å². The number of hydrogen-bond acceptors (Lipinski definition) is 2. The number of hydrogen-bond donors (Lipinski definition) is 2. The maximum Gasteiger partial charge on any atom is 0.423 e. The Hall–Kier alpha value is -2.11. The number of fused-ring (bicyclic) bond motifs is 1. The van der Waals surface area contributed by atoms with Gasteiger partial charge >= 0.3 is 6.09 Å². The predicted molar refractivity (Wildman–Crippen MR) is 58.7 cm³/mol. The molecule has 2 N–H and O–H groups in total. The molecule has 0 unspecified atom stereocenters. The summed E-state index contributed by atoms with van der Waals surface area (Å²) in [5.41, 5.74) is 2.97. The Bertz CT molecular complexity index is 484. The van der Waals surface area contributed by atoms with Gasteiger partial charge in [-0.25, -0.2) is 10.2 Å². The van der Waals surface area contributed by atoms with Crippen molar-refractivity contribution in [3.05, 3.63) is 35.9 Å². The molecule has 1 aliphatic heterocycles. The van der Waals surface area contributed by atoms with Gasteiger partial charge in [-0.3, -0.25) is 5.01 Å².